The minimum absolute atomic E-state index is 0.244. The van der Waals surface area contributed by atoms with E-state index in [1.807, 2.05) is 0 Å². The summed E-state index contributed by atoms with van der Waals surface area (Å²) in [5.74, 6) is 1.87. The van der Waals surface area contributed by atoms with Crippen LogP contribution in [-0.4, -0.2) is 91.5 Å². The van der Waals surface area contributed by atoms with Gasteiger partial charge in [-0.2, -0.15) is 4.98 Å². The molecule has 32 heavy (non-hydrogen) atoms. The van der Waals surface area contributed by atoms with Crippen LogP contribution in [0.1, 0.15) is 4.88 Å². The quantitative estimate of drug-likeness (QED) is 0.585. The Morgan fingerprint density at radius 1 is 1.06 bits per heavy atom. The Morgan fingerprint density at radius 3 is 2.62 bits per heavy atom. The zero-order valence-electron chi connectivity index (χ0n) is 18.3. The van der Waals surface area contributed by atoms with E-state index in [0.29, 0.717) is 30.5 Å². The summed E-state index contributed by atoms with van der Waals surface area (Å²) in [6, 6.07) is 2.43. The molecule has 2 aliphatic heterocycles. The van der Waals surface area contributed by atoms with E-state index >= 15 is 0 Å². The summed E-state index contributed by atoms with van der Waals surface area (Å²) < 4.78 is 17.3. The SMILES string of the molecule is COc1ncc(-c2nc(N3CCOCC3)c3sc(CN4CCNCC4)cc3n2)c(OC)n1. The number of hydrogen-bond acceptors (Lipinski definition) is 11. The average molecular weight is 458 g/mol. The molecule has 170 valence electrons. The van der Waals surface area contributed by atoms with Gasteiger partial charge in [-0.1, -0.05) is 0 Å². The molecule has 0 aromatic carbocycles. The lowest BCUT2D eigenvalue weighted by Crippen LogP contribution is -2.42. The van der Waals surface area contributed by atoms with Gasteiger partial charge in [0, 0.05) is 56.9 Å². The summed E-state index contributed by atoms with van der Waals surface area (Å²) in [5, 5.41) is 3.41. The highest BCUT2D eigenvalue weighted by molar-refractivity contribution is 7.19. The van der Waals surface area contributed by atoms with Gasteiger partial charge in [0.25, 0.3) is 0 Å². The summed E-state index contributed by atoms with van der Waals surface area (Å²) in [6.07, 6.45) is 1.66. The second-order valence-electron chi connectivity index (χ2n) is 7.70. The minimum Gasteiger partial charge on any atom is -0.480 e. The van der Waals surface area contributed by atoms with Crippen molar-refractivity contribution < 1.29 is 14.2 Å². The summed E-state index contributed by atoms with van der Waals surface area (Å²) >= 11 is 1.78. The van der Waals surface area contributed by atoms with Crippen molar-refractivity contribution >= 4 is 27.4 Å². The number of morpholine rings is 1. The van der Waals surface area contributed by atoms with E-state index in [-0.39, 0.29) is 6.01 Å². The molecule has 0 radical (unpaired) electrons. The first-order valence-corrected chi connectivity index (χ1v) is 11.6. The number of nitrogens with zero attached hydrogens (tertiary/aromatic N) is 6. The molecule has 1 N–H and O–H groups in total. The fourth-order valence-corrected chi connectivity index (χ4v) is 5.16. The van der Waals surface area contributed by atoms with Gasteiger partial charge in [-0.15, -0.1) is 11.3 Å². The van der Waals surface area contributed by atoms with Crippen molar-refractivity contribution in [3.63, 3.8) is 0 Å². The Bertz CT molecular complexity index is 1080. The first-order chi connectivity index (χ1) is 15.7. The molecule has 5 rings (SSSR count). The number of nitrogens with one attached hydrogen (secondary N) is 1. The van der Waals surface area contributed by atoms with Crippen molar-refractivity contribution in [2.75, 3.05) is 71.6 Å². The molecule has 2 fully saturated rings. The number of thiophene rings is 1. The van der Waals surface area contributed by atoms with Crippen LogP contribution in [0.2, 0.25) is 0 Å². The van der Waals surface area contributed by atoms with Gasteiger partial charge < -0.3 is 24.4 Å². The number of fused-ring (bicyclic) bond motifs is 1. The topological polar surface area (TPSA) is 97.8 Å². The maximum atomic E-state index is 5.57. The molecule has 0 aliphatic carbocycles. The van der Waals surface area contributed by atoms with E-state index in [4.69, 9.17) is 24.2 Å². The third-order valence-electron chi connectivity index (χ3n) is 5.65. The second kappa shape index (κ2) is 9.49. The van der Waals surface area contributed by atoms with Gasteiger partial charge in [-0.25, -0.2) is 15.0 Å². The maximum Gasteiger partial charge on any atom is 0.319 e. The molecule has 0 amide bonds. The molecule has 0 saturated carbocycles. The highest BCUT2D eigenvalue weighted by Gasteiger charge is 2.23. The summed E-state index contributed by atoms with van der Waals surface area (Å²) in [7, 11) is 3.10. The van der Waals surface area contributed by atoms with Crippen LogP contribution in [0.3, 0.4) is 0 Å². The molecule has 3 aromatic rings. The maximum absolute atomic E-state index is 5.57. The Balaban J connectivity index is 1.57. The molecule has 0 spiro atoms. The van der Waals surface area contributed by atoms with Crippen molar-refractivity contribution in [2.24, 2.45) is 0 Å². The summed E-state index contributed by atoms with van der Waals surface area (Å²) in [6.45, 7) is 8.08. The van der Waals surface area contributed by atoms with Gasteiger partial charge in [-0.05, 0) is 6.07 Å². The van der Waals surface area contributed by atoms with Crippen LogP contribution in [0.4, 0.5) is 5.82 Å². The van der Waals surface area contributed by atoms with Gasteiger partial charge in [0.15, 0.2) is 11.6 Å². The average Bonchev–Trinajstić information content (AvgIpc) is 3.26. The fraction of sp³-hybridized carbons (Fsp3) is 0.524. The number of piperazine rings is 1. The Morgan fingerprint density at radius 2 is 1.88 bits per heavy atom. The molecule has 5 heterocycles. The van der Waals surface area contributed by atoms with Crippen LogP contribution in [-0.2, 0) is 11.3 Å². The van der Waals surface area contributed by atoms with Crippen LogP contribution in [0.5, 0.6) is 11.9 Å². The van der Waals surface area contributed by atoms with Crippen molar-refractivity contribution in [1.82, 2.24) is 30.2 Å². The molecule has 2 aliphatic rings. The standard InChI is InChI=1S/C21H27N7O3S/c1-29-20-15(12-23-21(26-20)30-2)18-24-16-11-14(13-27-5-3-22-4-6-27)32-17(16)19(25-18)28-7-9-31-10-8-28/h11-12,22H,3-10,13H2,1-2H3. The summed E-state index contributed by atoms with van der Waals surface area (Å²) in [4.78, 5) is 24.5. The minimum atomic E-state index is 0.244. The highest BCUT2D eigenvalue weighted by Crippen LogP contribution is 2.36. The third kappa shape index (κ3) is 4.33. The van der Waals surface area contributed by atoms with Gasteiger partial charge in [0.2, 0.25) is 5.88 Å². The molecule has 0 bridgehead atoms. The van der Waals surface area contributed by atoms with Crippen LogP contribution < -0.4 is 19.7 Å². The van der Waals surface area contributed by atoms with Crippen molar-refractivity contribution in [3.05, 3.63) is 17.1 Å². The first kappa shape index (κ1) is 21.3. The Labute approximate surface area is 190 Å². The van der Waals surface area contributed by atoms with Crippen molar-refractivity contribution in [1.29, 1.82) is 0 Å². The molecule has 3 aromatic heterocycles. The van der Waals surface area contributed by atoms with Crippen molar-refractivity contribution in [3.8, 4) is 23.3 Å². The monoisotopic (exact) mass is 457 g/mol. The highest BCUT2D eigenvalue weighted by atomic mass is 32.1. The van der Waals surface area contributed by atoms with E-state index < -0.39 is 0 Å². The van der Waals surface area contributed by atoms with Crippen LogP contribution in [0, 0.1) is 0 Å². The number of ether oxygens (including phenoxy) is 3. The van der Waals surface area contributed by atoms with Crippen LogP contribution in [0.15, 0.2) is 12.3 Å². The fourth-order valence-electron chi connectivity index (χ4n) is 4.00. The smallest absolute Gasteiger partial charge is 0.319 e. The molecular formula is C21H27N7O3S. The van der Waals surface area contributed by atoms with Crippen LogP contribution in [0.25, 0.3) is 21.6 Å². The van der Waals surface area contributed by atoms with E-state index in [1.165, 1.54) is 12.0 Å². The predicted molar refractivity (Wildman–Crippen MR) is 123 cm³/mol. The molecule has 10 nitrogen and oxygen atoms in total. The largest absolute Gasteiger partial charge is 0.480 e. The van der Waals surface area contributed by atoms with E-state index in [2.05, 4.69) is 31.2 Å². The molecular weight excluding hydrogens is 430 g/mol. The van der Waals surface area contributed by atoms with Crippen LogP contribution >= 0.6 is 11.3 Å². The summed E-state index contributed by atoms with van der Waals surface area (Å²) in [5.41, 5.74) is 1.57. The third-order valence-corrected chi connectivity index (χ3v) is 6.76. The van der Waals surface area contributed by atoms with E-state index in [0.717, 1.165) is 61.8 Å². The number of hydrogen-bond donors (Lipinski definition) is 1. The Hall–Kier alpha value is -2.60. The van der Waals surface area contributed by atoms with E-state index in [1.54, 1.807) is 24.6 Å². The number of methoxy groups -OCH3 is 2. The Kier molecular flexibility index (Phi) is 6.30. The number of rotatable bonds is 6. The van der Waals surface area contributed by atoms with Gasteiger partial charge in [-0.3, -0.25) is 4.90 Å². The lowest BCUT2D eigenvalue weighted by atomic mass is 10.2. The molecule has 11 heteroatoms. The first-order valence-electron chi connectivity index (χ1n) is 10.8. The molecule has 0 unspecified atom stereocenters. The van der Waals surface area contributed by atoms with Gasteiger partial charge >= 0.3 is 6.01 Å². The van der Waals surface area contributed by atoms with Crippen molar-refractivity contribution in [2.45, 2.75) is 6.54 Å². The second-order valence-corrected chi connectivity index (χ2v) is 8.84. The molecule has 0 atom stereocenters. The number of anilines is 1. The zero-order chi connectivity index (χ0) is 21.9. The predicted octanol–water partition coefficient (Wildman–Crippen LogP) is 1.41. The number of aromatic nitrogens is 4. The lowest BCUT2D eigenvalue weighted by molar-refractivity contribution is 0.122. The zero-order valence-corrected chi connectivity index (χ0v) is 19.2. The van der Waals surface area contributed by atoms with E-state index in [9.17, 15) is 0 Å². The lowest BCUT2D eigenvalue weighted by Gasteiger charge is -2.28. The van der Waals surface area contributed by atoms with Gasteiger partial charge in [0.05, 0.1) is 37.6 Å². The normalized spacial score (nSPS) is 17.6. The van der Waals surface area contributed by atoms with Gasteiger partial charge in [0.1, 0.15) is 5.56 Å². The molecule has 2 saturated heterocycles.